The first-order valence-electron chi connectivity index (χ1n) is 7.20. The predicted octanol–water partition coefficient (Wildman–Crippen LogP) is 3.85. The van der Waals surface area contributed by atoms with Crippen LogP contribution in [0.3, 0.4) is 0 Å². The molecule has 1 aliphatic rings. The molecule has 1 saturated carbocycles. The van der Waals surface area contributed by atoms with E-state index in [1.807, 2.05) is 30.3 Å². The standard InChI is InChI=1S/C16H22ClNO/c1-2-15(12-6-4-3-5-7-12)16(19)18-14-10-8-13(17)9-11-14/h3-7,13-15H,2,8-11H2,1H3,(H,18,19). The molecule has 2 nitrogen and oxygen atoms in total. The van der Waals surface area contributed by atoms with Gasteiger partial charge in [0.25, 0.3) is 0 Å². The molecule has 0 spiro atoms. The smallest absolute Gasteiger partial charge is 0.227 e. The summed E-state index contributed by atoms with van der Waals surface area (Å²) in [5, 5.41) is 3.49. The third-order valence-electron chi connectivity index (χ3n) is 3.93. The van der Waals surface area contributed by atoms with E-state index in [0.717, 1.165) is 37.7 Å². The molecular weight excluding hydrogens is 258 g/mol. The second-order valence-electron chi connectivity index (χ2n) is 5.33. The van der Waals surface area contributed by atoms with Crippen LogP contribution in [0, 0.1) is 0 Å². The van der Waals surface area contributed by atoms with Crippen LogP contribution in [-0.4, -0.2) is 17.3 Å². The molecule has 1 aromatic carbocycles. The van der Waals surface area contributed by atoms with Crippen LogP contribution >= 0.6 is 11.6 Å². The molecule has 0 radical (unpaired) electrons. The topological polar surface area (TPSA) is 29.1 Å². The van der Waals surface area contributed by atoms with E-state index in [1.165, 1.54) is 0 Å². The fourth-order valence-electron chi connectivity index (χ4n) is 2.76. The number of hydrogen-bond acceptors (Lipinski definition) is 1. The quantitative estimate of drug-likeness (QED) is 0.834. The fourth-order valence-corrected chi connectivity index (χ4v) is 3.01. The first-order chi connectivity index (χ1) is 9.20. The normalized spacial score (nSPS) is 24.7. The van der Waals surface area contributed by atoms with Crippen LogP contribution in [0.1, 0.15) is 50.5 Å². The monoisotopic (exact) mass is 279 g/mol. The molecule has 1 amide bonds. The lowest BCUT2D eigenvalue weighted by molar-refractivity contribution is -0.123. The maximum atomic E-state index is 12.4. The van der Waals surface area contributed by atoms with Gasteiger partial charge < -0.3 is 5.32 Å². The number of carbonyl (C=O) groups excluding carboxylic acids is 1. The van der Waals surface area contributed by atoms with Crippen molar-refractivity contribution in [1.29, 1.82) is 0 Å². The van der Waals surface area contributed by atoms with E-state index < -0.39 is 0 Å². The van der Waals surface area contributed by atoms with Crippen LogP contribution in [-0.2, 0) is 4.79 Å². The van der Waals surface area contributed by atoms with Crippen LogP contribution < -0.4 is 5.32 Å². The summed E-state index contributed by atoms with van der Waals surface area (Å²) in [6.45, 7) is 2.06. The molecule has 1 unspecified atom stereocenters. The first kappa shape index (κ1) is 14.4. The van der Waals surface area contributed by atoms with Gasteiger partial charge in [-0.15, -0.1) is 11.6 Å². The summed E-state index contributed by atoms with van der Waals surface area (Å²) in [5.74, 6) is 0.127. The Balaban J connectivity index is 1.94. The van der Waals surface area contributed by atoms with E-state index in [0.29, 0.717) is 11.4 Å². The van der Waals surface area contributed by atoms with E-state index in [1.54, 1.807) is 0 Å². The number of amides is 1. The Morgan fingerprint density at radius 1 is 1.26 bits per heavy atom. The zero-order chi connectivity index (χ0) is 13.7. The van der Waals surface area contributed by atoms with E-state index in [-0.39, 0.29) is 11.8 Å². The van der Waals surface area contributed by atoms with Gasteiger partial charge in [-0.3, -0.25) is 4.79 Å². The van der Waals surface area contributed by atoms with Gasteiger partial charge in [-0.2, -0.15) is 0 Å². The van der Waals surface area contributed by atoms with Crippen LogP contribution in [0.25, 0.3) is 0 Å². The number of carbonyl (C=O) groups is 1. The maximum absolute atomic E-state index is 12.4. The number of benzene rings is 1. The van der Waals surface area contributed by atoms with Gasteiger partial charge in [0.2, 0.25) is 5.91 Å². The molecule has 1 N–H and O–H groups in total. The van der Waals surface area contributed by atoms with Gasteiger partial charge in [-0.25, -0.2) is 0 Å². The molecule has 1 aromatic rings. The molecular formula is C16H22ClNO. The SMILES string of the molecule is CCC(C(=O)NC1CCC(Cl)CC1)c1ccccc1. The van der Waals surface area contributed by atoms with Crippen molar-refractivity contribution in [1.82, 2.24) is 5.32 Å². The number of alkyl halides is 1. The highest BCUT2D eigenvalue weighted by atomic mass is 35.5. The highest BCUT2D eigenvalue weighted by Crippen LogP contribution is 2.25. The molecule has 3 heteroatoms. The minimum atomic E-state index is -0.0325. The van der Waals surface area contributed by atoms with Crippen molar-refractivity contribution in [2.75, 3.05) is 0 Å². The van der Waals surface area contributed by atoms with Crippen molar-refractivity contribution < 1.29 is 4.79 Å². The lowest BCUT2D eigenvalue weighted by atomic mass is 9.92. The highest BCUT2D eigenvalue weighted by Gasteiger charge is 2.24. The van der Waals surface area contributed by atoms with Gasteiger partial charge in [0.15, 0.2) is 0 Å². The molecule has 1 fully saturated rings. The minimum absolute atomic E-state index is 0.0325. The number of nitrogens with one attached hydrogen (secondary N) is 1. The molecule has 1 atom stereocenters. The van der Waals surface area contributed by atoms with E-state index in [2.05, 4.69) is 12.2 Å². The summed E-state index contributed by atoms with van der Waals surface area (Å²) in [6.07, 6.45) is 4.86. The van der Waals surface area contributed by atoms with Crippen molar-refractivity contribution >= 4 is 17.5 Å². The van der Waals surface area contributed by atoms with Crippen LogP contribution in [0.5, 0.6) is 0 Å². The van der Waals surface area contributed by atoms with Gasteiger partial charge in [-0.05, 0) is 37.7 Å². The summed E-state index contributed by atoms with van der Waals surface area (Å²) in [7, 11) is 0. The van der Waals surface area contributed by atoms with Gasteiger partial charge >= 0.3 is 0 Å². The largest absolute Gasteiger partial charge is 0.353 e. The molecule has 104 valence electrons. The van der Waals surface area contributed by atoms with E-state index in [9.17, 15) is 4.79 Å². The van der Waals surface area contributed by atoms with Gasteiger partial charge in [0.05, 0.1) is 5.92 Å². The Hall–Kier alpha value is -1.02. The van der Waals surface area contributed by atoms with Crippen molar-refractivity contribution in [2.24, 2.45) is 0 Å². The van der Waals surface area contributed by atoms with Crippen molar-refractivity contribution in [2.45, 2.75) is 56.4 Å². The maximum Gasteiger partial charge on any atom is 0.227 e. The number of hydrogen-bond donors (Lipinski definition) is 1. The number of halogens is 1. The lowest BCUT2D eigenvalue weighted by Crippen LogP contribution is -2.40. The van der Waals surface area contributed by atoms with E-state index in [4.69, 9.17) is 11.6 Å². The van der Waals surface area contributed by atoms with Crippen LogP contribution in [0.4, 0.5) is 0 Å². The minimum Gasteiger partial charge on any atom is -0.353 e. The van der Waals surface area contributed by atoms with Crippen LogP contribution in [0.2, 0.25) is 0 Å². The number of rotatable bonds is 4. The summed E-state index contributed by atoms with van der Waals surface area (Å²) in [5.41, 5.74) is 1.11. The van der Waals surface area contributed by atoms with Crippen molar-refractivity contribution in [3.63, 3.8) is 0 Å². The molecule has 0 bridgehead atoms. The Bertz CT molecular complexity index is 398. The van der Waals surface area contributed by atoms with Crippen molar-refractivity contribution in [3.8, 4) is 0 Å². The zero-order valence-electron chi connectivity index (χ0n) is 11.4. The summed E-state index contributed by atoms with van der Waals surface area (Å²) >= 11 is 6.09. The third-order valence-corrected chi connectivity index (χ3v) is 4.37. The first-order valence-corrected chi connectivity index (χ1v) is 7.63. The summed E-state index contributed by atoms with van der Waals surface area (Å²) in [4.78, 5) is 12.4. The van der Waals surface area contributed by atoms with E-state index >= 15 is 0 Å². The molecule has 0 aromatic heterocycles. The molecule has 1 aliphatic carbocycles. The molecule has 2 rings (SSSR count). The molecule has 0 saturated heterocycles. The lowest BCUT2D eigenvalue weighted by Gasteiger charge is -2.27. The van der Waals surface area contributed by atoms with Gasteiger partial charge in [0, 0.05) is 11.4 Å². The third kappa shape index (κ3) is 3.97. The average molecular weight is 280 g/mol. The summed E-state index contributed by atoms with van der Waals surface area (Å²) in [6, 6.07) is 10.3. The Morgan fingerprint density at radius 3 is 2.47 bits per heavy atom. The molecule has 0 heterocycles. The summed E-state index contributed by atoms with van der Waals surface area (Å²) < 4.78 is 0. The zero-order valence-corrected chi connectivity index (χ0v) is 12.2. The molecule has 0 aliphatic heterocycles. The second kappa shape index (κ2) is 6.95. The predicted molar refractivity (Wildman–Crippen MR) is 79.5 cm³/mol. The average Bonchev–Trinajstić information content (AvgIpc) is 2.43. The Morgan fingerprint density at radius 2 is 1.89 bits per heavy atom. The van der Waals surface area contributed by atoms with Gasteiger partial charge in [0.1, 0.15) is 0 Å². The highest BCUT2D eigenvalue weighted by molar-refractivity contribution is 6.20. The second-order valence-corrected chi connectivity index (χ2v) is 5.95. The fraction of sp³-hybridized carbons (Fsp3) is 0.562. The molecule has 19 heavy (non-hydrogen) atoms. The van der Waals surface area contributed by atoms with Crippen molar-refractivity contribution in [3.05, 3.63) is 35.9 Å². The Kier molecular flexibility index (Phi) is 5.26. The van der Waals surface area contributed by atoms with Crippen LogP contribution in [0.15, 0.2) is 30.3 Å². The van der Waals surface area contributed by atoms with Gasteiger partial charge in [-0.1, -0.05) is 37.3 Å². The Labute approximate surface area is 120 Å².